The average molecular weight is 328 g/mol. The van der Waals surface area contributed by atoms with Crippen molar-refractivity contribution < 1.29 is 9.32 Å². The Bertz CT molecular complexity index is 782. The van der Waals surface area contributed by atoms with Gasteiger partial charge in [0, 0.05) is 11.8 Å². The monoisotopic (exact) mass is 328 g/mol. The lowest BCUT2D eigenvalue weighted by molar-refractivity contribution is -0.120. The summed E-state index contributed by atoms with van der Waals surface area (Å²) in [7, 11) is 0. The Hall–Kier alpha value is -2.54. The van der Waals surface area contributed by atoms with Crippen LogP contribution in [0.5, 0.6) is 0 Å². The highest BCUT2D eigenvalue weighted by Crippen LogP contribution is 2.09. The molecule has 2 heterocycles. The Morgan fingerprint density at radius 3 is 2.83 bits per heavy atom. The number of aryl methyl sites for hydroxylation is 1. The Balaban J connectivity index is 1.50. The number of aromatic nitrogens is 3. The van der Waals surface area contributed by atoms with Crippen LogP contribution in [0.4, 0.5) is 0 Å². The fourth-order valence-corrected chi connectivity index (χ4v) is 2.72. The number of carbonyl (C=O) groups excluding carboxylic acids is 1. The fraction of sp³-hybridized carbons (Fsp3) is 0.250. The molecule has 0 aliphatic rings. The van der Waals surface area contributed by atoms with Crippen LogP contribution in [0.2, 0.25) is 0 Å². The second kappa shape index (κ2) is 7.15. The highest BCUT2D eigenvalue weighted by molar-refractivity contribution is 7.09. The molecule has 0 atom stereocenters. The van der Waals surface area contributed by atoms with Gasteiger partial charge in [0.15, 0.2) is 5.82 Å². The summed E-state index contributed by atoms with van der Waals surface area (Å²) in [6.07, 6.45) is 0.867. The number of hydrogen-bond donors (Lipinski definition) is 1. The summed E-state index contributed by atoms with van der Waals surface area (Å²) in [6, 6.07) is 9.92. The zero-order valence-electron chi connectivity index (χ0n) is 12.7. The van der Waals surface area contributed by atoms with Crippen LogP contribution in [0.25, 0.3) is 0 Å². The molecule has 0 spiro atoms. The summed E-state index contributed by atoms with van der Waals surface area (Å²) in [5.74, 6) is 0.896. The summed E-state index contributed by atoms with van der Waals surface area (Å²) in [4.78, 5) is 20.4. The third-order valence-electron chi connectivity index (χ3n) is 3.16. The molecule has 3 aromatic rings. The van der Waals surface area contributed by atoms with Crippen molar-refractivity contribution in [2.75, 3.05) is 0 Å². The Morgan fingerprint density at radius 1 is 1.26 bits per heavy atom. The molecule has 0 aliphatic carbocycles. The van der Waals surface area contributed by atoms with Gasteiger partial charge in [-0.1, -0.05) is 35.5 Å². The van der Waals surface area contributed by atoms with Crippen molar-refractivity contribution in [2.24, 2.45) is 0 Å². The first kappa shape index (κ1) is 15.4. The van der Waals surface area contributed by atoms with Crippen molar-refractivity contribution in [2.45, 2.75) is 26.3 Å². The van der Waals surface area contributed by atoms with E-state index in [-0.39, 0.29) is 18.9 Å². The predicted octanol–water partition coefficient (Wildman–Crippen LogP) is 2.28. The highest BCUT2D eigenvalue weighted by atomic mass is 32.1. The molecule has 0 bridgehead atoms. The first-order chi connectivity index (χ1) is 11.2. The Morgan fingerprint density at radius 2 is 2.09 bits per heavy atom. The molecule has 0 unspecified atom stereocenters. The highest BCUT2D eigenvalue weighted by Gasteiger charge is 2.10. The first-order valence-electron chi connectivity index (χ1n) is 7.22. The molecular weight excluding hydrogens is 312 g/mol. The minimum Gasteiger partial charge on any atom is -0.347 e. The number of nitrogens with zero attached hydrogens (tertiary/aromatic N) is 3. The van der Waals surface area contributed by atoms with Gasteiger partial charge >= 0.3 is 0 Å². The van der Waals surface area contributed by atoms with Crippen LogP contribution in [0.15, 0.2) is 40.2 Å². The van der Waals surface area contributed by atoms with E-state index in [1.54, 1.807) is 0 Å². The molecule has 0 saturated carbocycles. The van der Waals surface area contributed by atoms with E-state index in [0.717, 1.165) is 16.3 Å². The first-order valence-corrected chi connectivity index (χ1v) is 8.10. The van der Waals surface area contributed by atoms with E-state index in [1.165, 1.54) is 11.3 Å². The van der Waals surface area contributed by atoms with E-state index in [0.29, 0.717) is 18.1 Å². The van der Waals surface area contributed by atoms with Crippen LogP contribution in [-0.4, -0.2) is 21.0 Å². The number of benzene rings is 1. The van der Waals surface area contributed by atoms with Crippen molar-refractivity contribution in [3.05, 3.63) is 63.7 Å². The van der Waals surface area contributed by atoms with E-state index in [9.17, 15) is 4.79 Å². The maximum Gasteiger partial charge on any atom is 0.246 e. The van der Waals surface area contributed by atoms with E-state index in [4.69, 9.17) is 4.52 Å². The van der Waals surface area contributed by atoms with E-state index >= 15 is 0 Å². The molecule has 0 radical (unpaired) electrons. The second-order valence-electron chi connectivity index (χ2n) is 5.08. The van der Waals surface area contributed by atoms with Gasteiger partial charge < -0.3 is 9.84 Å². The molecule has 23 heavy (non-hydrogen) atoms. The maximum absolute atomic E-state index is 11.9. The quantitative estimate of drug-likeness (QED) is 0.751. The van der Waals surface area contributed by atoms with Gasteiger partial charge in [-0.25, -0.2) is 4.98 Å². The van der Waals surface area contributed by atoms with Gasteiger partial charge in [0.1, 0.15) is 0 Å². The van der Waals surface area contributed by atoms with Crippen LogP contribution in [-0.2, 0) is 24.2 Å². The molecular formula is C16H16N4O2S. The lowest BCUT2D eigenvalue weighted by Gasteiger charge is -1.99. The predicted molar refractivity (Wildman–Crippen MR) is 85.9 cm³/mol. The molecule has 6 nitrogen and oxygen atoms in total. The molecule has 3 rings (SSSR count). The van der Waals surface area contributed by atoms with Gasteiger partial charge in [-0.15, -0.1) is 11.3 Å². The molecule has 0 fully saturated rings. The molecule has 0 saturated heterocycles. The smallest absolute Gasteiger partial charge is 0.246 e. The van der Waals surface area contributed by atoms with Gasteiger partial charge in [-0.3, -0.25) is 4.79 Å². The van der Waals surface area contributed by atoms with E-state index in [2.05, 4.69) is 20.4 Å². The Kier molecular flexibility index (Phi) is 4.77. The zero-order valence-corrected chi connectivity index (χ0v) is 13.5. The third kappa shape index (κ3) is 4.46. The van der Waals surface area contributed by atoms with Crippen molar-refractivity contribution >= 4 is 17.2 Å². The lowest BCUT2D eigenvalue weighted by Crippen LogP contribution is -2.24. The average Bonchev–Trinajstić information content (AvgIpc) is 3.15. The molecule has 1 N–H and O–H groups in total. The SMILES string of the molecule is Cc1nc(CC(=O)NCc2nc(Cc3ccccc3)no2)cs1. The molecule has 0 aliphatic heterocycles. The minimum absolute atomic E-state index is 0.113. The lowest BCUT2D eigenvalue weighted by atomic mass is 10.1. The maximum atomic E-state index is 11.9. The van der Waals surface area contributed by atoms with Crippen LogP contribution in [0.1, 0.15) is 28.0 Å². The molecule has 1 aromatic carbocycles. The van der Waals surface area contributed by atoms with Crippen molar-refractivity contribution in [1.82, 2.24) is 20.4 Å². The van der Waals surface area contributed by atoms with Crippen molar-refractivity contribution in [3.63, 3.8) is 0 Å². The van der Waals surface area contributed by atoms with E-state index in [1.807, 2.05) is 42.6 Å². The number of nitrogens with one attached hydrogen (secondary N) is 1. The zero-order chi connectivity index (χ0) is 16.1. The van der Waals surface area contributed by atoms with Gasteiger partial charge in [0.2, 0.25) is 11.8 Å². The largest absolute Gasteiger partial charge is 0.347 e. The summed E-state index contributed by atoms with van der Waals surface area (Å²) < 4.78 is 5.15. The topological polar surface area (TPSA) is 80.9 Å². The Labute approximate surface area is 137 Å². The minimum atomic E-state index is -0.113. The number of amides is 1. The summed E-state index contributed by atoms with van der Waals surface area (Å²) >= 11 is 1.53. The van der Waals surface area contributed by atoms with Crippen molar-refractivity contribution in [1.29, 1.82) is 0 Å². The van der Waals surface area contributed by atoms with Gasteiger partial charge in [0.05, 0.1) is 23.7 Å². The summed E-state index contributed by atoms with van der Waals surface area (Å²) in [6.45, 7) is 2.14. The van der Waals surface area contributed by atoms with Crippen LogP contribution < -0.4 is 5.32 Å². The van der Waals surface area contributed by atoms with Gasteiger partial charge in [0.25, 0.3) is 0 Å². The van der Waals surface area contributed by atoms with E-state index < -0.39 is 0 Å². The fourth-order valence-electron chi connectivity index (χ4n) is 2.10. The standard InChI is InChI=1S/C16H16N4O2S/c1-11-18-13(10-23-11)8-15(21)17-9-16-19-14(20-22-16)7-12-5-3-2-4-6-12/h2-6,10H,7-9H2,1H3,(H,17,21). The molecule has 118 valence electrons. The van der Waals surface area contributed by atoms with Gasteiger partial charge in [-0.05, 0) is 12.5 Å². The third-order valence-corrected chi connectivity index (χ3v) is 3.98. The molecule has 7 heteroatoms. The number of rotatable bonds is 6. The number of carbonyl (C=O) groups is 1. The van der Waals surface area contributed by atoms with Crippen LogP contribution in [0, 0.1) is 6.92 Å². The second-order valence-corrected chi connectivity index (χ2v) is 6.14. The molecule has 1 amide bonds. The summed E-state index contributed by atoms with van der Waals surface area (Å²) in [5.41, 5.74) is 1.89. The molecule has 2 aromatic heterocycles. The normalized spacial score (nSPS) is 10.7. The van der Waals surface area contributed by atoms with Gasteiger partial charge in [-0.2, -0.15) is 4.98 Å². The van der Waals surface area contributed by atoms with Crippen LogP contribution >= 0.6 is 11.3 Å². The number of thiazole rings is 1. The van der Waals surface area contributed by atoms with Crippen molar-refractivity contribution in [3.8, 4) is 0 Å². The van der Waals surface area contributed by atoms with Crippen LogP contribution in [0.3, 0.4) is 0 Å². The summed E-state index contributed by atoms with van der Waals surface area (Å²) in [5, 5.41) is 9.53. The number of hydrogen-bond acceptors (Lipinski definition) is 6.